The van der Waals surface area contributed by atoms with Crippen LogP contribution in [0.15, 0.2) is 0 Å². The van der Waals surface area contributed by atoms with Crippen LogP contribution < -0.4 is 5.32 Å². The zero-order valence-electron chi connectivity index (χ0n) is 13.4. The van der Waals surface area contributed by atoms with Gasteiger partial charge in [-0.05, 0) is 31.6 Å². The molecule has 1 saturated heterocycles. The summed E-state index contributed by atoms with van der Waals surface area (Å²) in [5.74, 6) is 0.866. The lowest BCUT2D eigenvalue weighted by molar-refractivity contribution is 0.143. The van der Waals surface area contributed by atoms with E-state index in [1.54, 1.807) is 4.90 Å². The van der Waals surface area contributed by atoms with E-state index in [0.29, 0.717) is 6.04 Å². The Kier molecular flexibility index (Phi) is 5.70. The average molecular weight is 281 g/mol. The van der Waals surface area contributed by atoms with Crippen LogP contribution in [-0.2, 0) is 0 Å². The van der Waals surface area contributed by atoms with Crippen molar-refractivity contribution in [3.63, 3.8) is 0 Å². The number of nitrogens with zero attached hydrogens (tertiary/aromatic N) is 2. The molecule has 2 amide bonds. The van der Waals surface area contributed by atoms with Gasteiger partial charge in [0.05, 0.1) is 0 Å². The van der Waals surface area contributed by atoms with E-state index in [0.717, 1.165) is 37.9 Å². The summed E-state index contributed by atoms with van der Waals surface area (Å²) in [7, 11) is 3.67. The molecule has 2 rings (SSSR count). The lowest BCUT2D eigenvalue weighted by Crippen LogP contribution is -2.51. The Hall–Kier alpha value is -0.770. The Balaban J connectivity index is 1.77. The van der Waals surface area contributed by atoms with E-state index in [4.69, 9.17) is 0 Å². The van der Waals surface area contributed by atoms with Crippen molar-refractivity contribution in [2.75, 3.05) is 27.2 Å². The molecule has 2 aliphatic rings. The zero-order valence-corrected chi connectivity index (χ0v) is 13.4. The Bertz CT molecular complexity index is 311. The van der Waals surface area contributed by atoms with Crippen molar-refractivity contribution < 1.29 is 4.79 Å². The number of likely N-dealkylation sites (tertiary alicyclic amines) is 1. The largest absolute Gasteiger partial charge is 0.331 e. The molecular formula is C16H31N3O. The fraction of sp³-hybridized carbons (Fsp3) is 0.938. The van der Waals surface area contributed by atoms with E-state index in [-0.39, 0.29) is 6.03 Å². The number of carbonyl (C=O) groups is 1. The van der Waals surface area contributed by atoms with Crippen molar-refractivity contribution in [3.05, 3.63) is 0 Å². The number of rotatable bonds is 3. The maximum Gasteiger partial charge on any atom is 0.319 e. The molecule has 0 radical (unpaired) electrons. The first-order valence-electron chi connectivity index (χ1n) is 8.34. The Labute approximate surface area is 123 Å². The van der Waals surface area contributed by atoms with Crippen LogP contribution in [0.25, 0.3) is 0 Å². The van der Waals surface area contributed by atoms with Crippen molar-refractivity contribution >= 4 is 6.03 Å². The number of nitrogens with one attached hydrogen (secondary N) is 1. The minimum atomic E-state index is 0.160. The fourth-order valence-electron chi connectivity index (χ4n) is 3.74. The highest BCUT2D eigenvalue weighted by Gasteiger charge is 2.29. The predicted octanol–water partition coefficient (Wildman–Crippen LogP) is 2.69. The SMILES string of the molecule is CCC1CCCCC1NC1CCN(C(=O)N(C)C)CC1. The molecule has 0 aromatic rings. The van der Waals surface area contributed by atoms with Crippen LogP contribution >= 0.6 is 0 Å². The van der Waals surface area contributed by atoms with Gasteiger partial charge in [0.25, 0.3) is 0 Å². The summed E-state index contributed by atoms with van der Waals surface area (Å²) >= 11 is 0. The highest BCUT2D eigenvalue weighted by atomic mass is 16.2. The molecule has 0 aromatic carbocycles. The molecule has 116 valence electrons. The predicted molar refractivity (Wildman–Crippen MR) is 82.9 cm³/mol. The third-order valence-corrected chi connectivity index (χ3v) is 5.03. The van der Waals surface area contributed by atoms with Crippen molar-refractivity contribution in [2.24, 2.45) is 5.92 Å². The fourth-order valence-corrected chi connectivity index (χ4v) is 3.74. The van der Waals surface area contributed by atoms with Gasteiger partial charge in [0, 0.05) is 39.3 Å². The van der Waals surface area contributed by atoms with Crippen molar-refractivity contribution in [1.82, 2.24) is 15.1 Å². The molecular weight excluding hydrogens is 250 g/mol. The van der Waals surface area contributed by atoms with E-state index >= 15 is 0 Å². The summed E-state index contributed by atoms with van der Waals surface area (Å²) in [6, 6.07) is 1.49. The van der Waals surface area contributed by atoms with Gasteiger partial charge >= 0.3 is 6.03 Å². The average Bonchev–Trinajstić information content (AvgIpc) is 2.48. The normalized spacial score (nSPS) is 28.4. The van der Waals surface area contributed by atoms with Crippen LogP contribution in [-0.4, -0.2) is 55.1 Å². The topological polar surface area (TPSA) is 35.6 Å². The van der Waals surface area contributed by atoms with E-state index in [9.17, 15) is 4.79 Å². The summed E-state index contributed by atoms with van der Waals surface area (Å²) < 4.78 is 0. The lowest BCUT2D eigenvalue weighted by atomic mass is 9.82. The first-order valence-corrected chi connectivity index (χ1v) is 8.34. The van der Waals surface area contributed by atoms with E-state index < -0.39 is 0 Å². The van der Waals surface area contributed by atoms with E-state index in [1.165, 1.54) is 32.1 Å². The van der Waals surface area contributed by atoms with Crippen LogP contribution in [0, 0.1) is 5.92 Å². The number of amides is 2. The summed E-state index contributed by atoms with van der Waals surface area (Å²) in [4.78, 5) is 15.6. The van der Waals surface area contributed by atoms with Gasteiger partial charge in [-0.15, -0.1) is 0 Å². The number of hydrogen-bond acceptors (Lipinski definition) is 2. The Morgan fingerprint density at radius 1 is 1.15 bits per heavy atom. The van der Waals surface area contributed by atoms with Gasteiger partial charge in [0.2, 0.25) is 0 Å². The van der Waals surface area contributed by atoms with Gasteiger partial charge in [-0.3, -0.25) is 0 Å². The molecule has 4 heteroatoms. The lowest BCUT2D eigenvalue weighted by Gasteiger charge is -2.39. The van der Waals surface area contributed by atoms with Gasteiger partial charge < -0.3 is 15.1 Å². The molecule has 20 heavy (non-hydrogen) atoms. The molecule has 0 bridgehead atoms. The van der Waals surface area contributed by atoms with Crippen molar-refractivity contribution in [3.8, 4) is 0 Å². The van der Waals surface area contributed by atoms with Crippen molar-refractivity contribution in [1.29, 1.82) is 0 Å². The molecule has 1 heterocycles. The highest BCUT2D eigenvalue weighted by molar-refractivity contribution is 5.73. The maximum absolute atomic E-state index is 11.9. The Morgan fingerprint density at radius 3 is 2.40 bits per heavy atom. The molecule has 2 atom stereocenters. The standard InChI is InChI=1S/C16H31N3O/c1-4-13-7-5-6-8-15(13)17-14-9-11-19(12-10-14)16(20)18(2)3/h13-15,17H,4-12H2,1-3H3. The summed E-state index contributed by atoms with van der Waals surface area (Å²) in [5, 5.41) is 3.90. The highest BCUT2D eigenvalue weighted by Crippen LogP contribution is 2.28. The third-order valence-electron chi connectivity index (χ3n) is 5.03. The molecule has 2 unspecified atom stereocenters. The molecule has 1 aliphatic heterocycles. The van der Waals surface area contributed by atoms with Crippen LogP contribution in [0.4, 0.5) is 4.79 Å². The maximum atomic E-state index is 11.9. The van der Waals surface area contributed by atoms with E-state index in [2.05, 4.69) is 12.2 Å². The number of urea groups is 1. The molecule has 4 nitrogen and oxygen atoms in total. The third kappa shape index (κ3) is 3.87. The van der Waals surface area contributed by atoms with E-state index in [1.807, 2.05) is 19.0 Å². The summed E-state index contributed by atoms with van der Waals surface area (Å²) in [6.07, 6.45) is 9.04. The molecule has 2 fully saturated rings. The number of piperidine rings is 1. The minimum Gasteiger partial charge on any atom is -0.331 e. The molecule has 0 spiro atoms. The minimum absolute atomic E-state index is 0.160. The van der Waals surface area contributed by atoms with Gasteiger partial charge in [0.15, 0.2) is 0 Å². The first-order chi connectivity index (χ1) is 9.61. The Morgan fingerprint density at radius 2 is 1.80 bits per heavy atom. The zero-order chi connectivity index (χ0) is 14.5. The molecule has 0 aromatic heterocycles. The molecule has 1 aliphatic carbocycles. The van der Waals surface area contributed by atoms with Crippen molar-refractivity contribution in [2.45, 2.75) is 64.0 Å². The van der Waals surface area contributed by atoms with Crippen LogP contribution in [0.2, 0.25) is 0 Å². The van der Waals surface area contributed by atoms with Gasteiger partial charge in [-0.2, -0.15) is 0 Å². The summed E-state index contributed by atoms with van der Waals surface area (Å²) in [6.45, 7) is 4.12. The second-order valence-electron chi connectivity index (χ2n) is 6.66. The van der Waals surface area contributed by atoms with Gasteiger partial charge in [-0.1, -0.05) is 26.2 Å². The monoisotopic (exact) mass is 281 g/mol. The second-order valence-corrected chi connectivity index (χ2v) is 6.66. The van der Waals surface area contributed by atoms with Crippen LogP contribution in [0.3, 0.4) is 0 Å². The first kappa shape index (κ1) is 15.6. The van der Waals surface area contributed by atoms with Gasteiger partial charge in [-0.25, -0.2) is 4.79 Å². The molecule has 1 N–H and O–H groups in total. The number of carbonyl (C=O) groups excluding carboxylic acids is 1. The smallest absolute Gasteiger partial charge is 0.319 e. The number of hydrogen-bond donors (Lipinski definition) is 1. The quantitative estimate of drug-likeness (QED) is 0.863. The van der Waals surface area contributed by atoms with Crippen LogP contribution in [0.1, 0.15) is 51.9 Å². The summed E-state index contributed by atoms with van der Waals surface area (Å²) in [5.41, 5.74) is 0. The second kappa shape index (κ2) is 7.30. The van der Waals surface area contributed by atoms with Gasteiger partial charge in [0.1, 0.15) is 0 Å². The van der Waals surface area contributed by atoms with Crippen LogP contribution in [0.5, 0.6) is 0 Å². The molecule has 1 saturated carbocycles.